The van der Waals surface area contributed by atoms with Crippen LogP contribution in [0.4, 0.5) is 5.82 Å². The van der Waals surface area contributed by atoms with E-state index >= 15 is 0 Å². The number of nitrogens with one attached hydrogen (secondary N) is 1. The van der Waals surface area contributed by atoms with E-state index in [0.29, 0.717) is 18.9 Å². The van der Waals surface area contributed by atoms with Crippen molar-refractivity contribution in [2.45, 2.75) is 51.5 Å². The molecule has 1 N–H and O–H groups in total. The van der Waals surface area contributed by atoms with Crippen molar-refractivity contribution in [3.8, 4) is 0 Å². The molecule has 0 spiro atoms. The molecule has 1 aromatic heterocycles. The molecule has 3 fully saturated rings. The zero-order valence-corrected chi connectivity index (χ0v) is 18.3. The van der Waals surface area contributed by atoms with Gasteiger partial charge in [-0.3, -0.25) is 19.8 Å². The van der Waals surface area contributed by atoms with E-state index in [2.05, 4.69) is 38.8 Å². The summed E-state index contributed by atoms with van der Waals surface area (Å²) >= 11 is 0. The van der Waals surface area contributed by atoms with Gasteiger partial charge in [-0.05, 0) is 50.7 Å². The number of piperidine rings is 2. The van der Waals surface area contributed by atoms with Crippen LogP contribution in [0.3, 0.4) is 0 Å². The lowest BCUT2D eigenvalue weighted by atomic mass is 9.91. The molecule has 1 atom stereocenters. The quantitative estimate of drug-likeness (QED) is 0.743. The first-order chi connectivity index (χ1) is 14.5. The van der Waals surface area contributed by atoms with E-state index in [9.17, 15) is 9.59 Å². The summed E-state index contributed by atoms with van der Waals surface area (Å²) in [6.45, 7) is 12.7. The summed E-state index contributed by atoms with van der Waals surface area (Å²) in [4.78, 5) is 35.6. The Hall–Kier alpha value is -1.99. The molecule has 3 aliphatic rings. The Morgan fingerprint density at radius 1 is 1.03 bits per heavy atom. The largest absolute Gasteiger partial charge is 0.357 e. The number of amides is 2. The smallest absolute Gasteiger partial charge is 0.234 e. The molecule has 2 amide bonds. The Labute approximate surface area is 179 Å². The fourth-order valence-corrected chi connectivity index (χ4v) is 4.97. The summed E-state index contributed by atoms with van der Waals surface area (Å²) in [5.41, 5.74) is 0.902. The van der Waals surface area contributed by atoms with Crippen LogP contribution in [-0.4, -0.2) is 78.5 Å². The van der Waals surface area contributed by atoms with Gasteiger partial charge in [0, 0.05) is 64.5 Å². The van der Waals surface area contributed by atoms with Crippen molar-refractivity contribution >= 4 is 17.6 Å². The minimum absolute atomic E-state index is 0.175. The molecule has 3 aliphatic heterocycles. The second-order valence-electron chi connectivity index (χ2n) is 9.31. The zero-order chi connectivity index (χ0) is 21.1. The molecule has 1 aromatic rings. The number of imide groups is 1. The Morgan fingerprint density at radius 2 is 1.77 bits per heavy atom. The number of carbonyl (C=O) groups is 2. The number of rotatable bonds is 5. The maximum Gasteiger partial charge on any atom is 0.234 e. The van der Waals surface area contributed by atoms with Gasteiger partial charge in [0.1, 0.15) is 5.82 Å². The van der Waals surface area contributed by atoms with Crippen molar-refractivity contribution in [3.63, 3.8) is 0 Å². The monoisotopic (exact) mass is 413 g/mol. The molecular weight excluding hydrogens is 378 g/mol. The van der Waals surface area contributed by atoms with Gasteiger partial charge in [0.2, 0.25) is 11.8 Å². The number of carbonyl (C=O) groups excluding carboxylic acids is 2. The fraction of sp³-hybridized carbons (Fsp3) is 0.696. The number of anilines is 1. The van der Waals surface area contributed by atoms with E-state index in [1.165, 1.54) is 45.6 Å². The van der Waals surface area contributed by atoms with Crippen molar-refractivity contribution < 1.29 is 9.59 Å². The van der Waals surface area contributed by atoms with E-state index < -0.39 is 0 Å². The molecule has 0 saturated carbocycles. The Balaban J connectivity index is 1.24. The van der Waals surface area contributed by atoms with Crippen molar-refractivity contribution in [3.05, 3.63) is 23.9 Å². The van der Waals surface area contributed by atoms with E-state index in [1.54, 1.807) is 0 Å². The lowest BCUT2D eigenvalue weighted by molar-refractivity contribution is -0.134. The summed E-state index contributed by atoms with van der Waals surface area (Å²) < 4.78 is 0. The Bertz CT molecular complexity index is 734. The van der Waals surface area contributed by atoms with Crippen molar-refractivity contribution in [2.75, 3.05) is 50.7 Å². The van der Waals surface area contributed by atoms with Crippen LogP contribution in [0.2, 0.25) is 0 Å². The SMILES string of the molecule is CC(C)N1CCN(CC2CCN(c3ccc(C4CCC(=O)NC4=O)cn3)CC2)CC1. The molecule has 7 heteroatoms. The highest BCUT2D eigenvalue weighted by atomic mass is 16.2. The molecule has 7 nitrogen and oxygen atoms in total. The highest BCUT2D eigenvalue weighted by molar-refractivity contribution is 6.00. The minimum atomic E-state index is -0.258. The maximum absolute atomic E-state index is 12.1. The first-order valence-electron chi connectivity index (χ1n) is 11.5. The molecule has 3 saturated heterocycles. The first-order valence-corrected chi connectivity index (χ1v) is 11.5. The predicted octanol–water partition coefficient (Wildman–Crippen LogP) is 1.84. The summed E-state index contributed by atoms with van der Waals surface area (Å²) in [5, 5.41) is 2.43. The second kappa shape index (κ2) is 9.43. The molecule has 0 bridgehead atoms. The first kappa shape index (κ1) is 21.2. The predicted molar refractivity (Wildman–Crippen MR) is 117 cm³/mol. The number of hydrogen-bond donors (Lipinski definition) is 1. The summed E-state index contributed by atoms with van der Waals surface area (Å²) in [5.74, 6) is 1.14. The van der Waals surface area contributed by atoms with Crippen LogP contribution in [0.1, 0.15) is 51.0 Å². The van der Waals surface area contributed by atoms with Crippen LogP contribution >= 0.6 is 0 Å². The van der Waals surface area contributed by atoms with Crippen LogP contribution in [-0.2, 0) is 9.59 Å². The molecule has 0 aromatic carbocycles. The number of hydrogen-bond acceptors (Lipinski definition) is 6. The molecule has 164 valence electrons. The van der Waals surface area contributed by atoms with Crippen molar-refractivity contribution in [1.29, 1.82) is 0 Å². The van der Waals surface area contributed by atoms with Crippen LogP contribution in [0.15, 0.2) is 18.3 Å². The number of aromatic nitrogens is 1. The van der Waals surface area contributed by atoms with E-state index in [-0.39, 0.29) is 17.7 Å². The molecule has 4 heterocycles. The third-order valence-corrected chi connectivity index (χ3v) is 7.00. The Morgan fingerprint density at radius 3 is 2.37 bits per heavy atom. The lowest BCUT2D eigenvalue weighted by Gasteiger charge is -2.40. The Kier molecular flexibility index (Phi) is 6.68. The molecule has 1 unspecified atom stereocenters. The fourth-order valence-electron chi connectivity index (χ4n) is 4.97. The lowest BCUT2D eigenvalue weighted by Crippen LogP contribution is -2.50. The second-order valence-corrected chi connectivity index (χ2v) is 9.31. The third-order valence-electron chi connectivity index (χ3n) is 7.00. The summed E-state index contributed by atoms with van der Waals surface area (Å²) in [6.07, 6.45) is 5.21. The standard InChI is InChI=1S/C23H35N5O2/c1-17(2)27-13-11-26(12-14-27)16-18-7-9-28(10-8-18)21-5-3-19(15-24-21)20-4-6-22(29)25-23(20)30/h3,5,15,17-18,20H,4,6-14,16H2,1-2H3,(H,25,29,30). The average Bonchev–Trinajstić information content (AvgIpc) is 2.75. The summed E-state index contributed by atoms with van der Waals surface area (Å²) in [6, 6.07) is 4.69. The number of pyridine rings is 1. The van der Waals surface area contributed by atoms with Crippen LogP contribution in [0.5, 0.6) is 0 Å². The van der Waals surface area contributed by atoms with Crippen molar-refractivity contribution in [1.82, 2.24) is 20.1 Å². The van der Waals surface area contributed by atoms with E-state index in [4.69, 9.17) is 0 Å². The molecule has 0 aliphatic carbocycles. The average molecular weight is 414 g/mol. The normalized spacial score (nSPS) is 25.0. The number of piperazine rings is 1. The van der Waals surface area contributed by atoms with E-state index in [1.807, 2.05) is 18.3 Å². The van der Waals surface area contributed by atoms with Gasteiger partial charge in [0.25, 0.3) is 0 Å². The minimum Gasteiger partial charge on any atom is -0.357 e. The van der Waals surface area contributed by atoms with Crippen molar-refractivity contribution in [2.24, 2.45) is 5.92 Å². The van der Waals surface area contributed by atoms with Gasteiger partial charge in [0.05, 0.1) is 5.92 Å². The summed E-state index contributed by atoms with van der Waals surface area (Å²) in [7, 11) is 0. The van der Waals surface area contributed by atoms with Gasteiger partial charge in [-0.2, -0.15) is 0 Å². The van der Waals surface area contributed by atoms with Gasteiger partial charge in [0.15, 0.2) is 0 Å². The highest BCUT2D eigenvalue weighted by Gasteiger charge is 2.29. The maximum atomic E-state index is 12.1. The third kappa shape index (κ3) is 5.01. The molecule has 30 heavy (non-hydrogen) atoms. The molecular formula is C23H35N5O2. The zero-order valence-electron chi connectivity index (χ0n) is 18.3. The van der Waals surface area contributed by atoms with Gasteiger partial charge in [-0.25, -0.2) is 4.98 Å². The van der Waals surface area contributed by atoms with Crippen LogP contribution < -0.4 is 10.2 Å². The molecule has 4 rings (SSSR count). The highest BCUT2D eigenvalue weighted by Crippen LogP contribution is 2.27. The number of nitrogens with zero attached hydrogens (tertiary/aromatic N) is 4. The van der Waals surface area contributed by atoms with Gasteiger partial charge in [-0.1, -0.05) is 6.07 Å². The van der Waals surface area contributed by atoms with Crippen LogP contribution in [0, 0.1) is 5.92 Å². The van der Waals surface area contributed by atoms with Gasteiger partial charge < -0.3 is 9.80 Å². The van der Waals surface area contributed by atoms with Crippen LogP contribution in [0.25, 0.3) is 0 Å². The topological polar surface area (TPSA) is 68.8 Å². The van der Waals surface area contributed by atoms with Gasteiger partial charge in [-0.15, -0.1) is 0 Å². The molecule has 0 radical (unpaired) electrons. The van der Waals surface area contributed by atoms with E-state index in [0.717, 1.165) is 30.4 Å². The van der Waals surface area contributed by atoms with Gasteiger partial charge >= 0.3 is 0 Å².